The normalized spacial score (nSPS) is 11.2. The smallest absolute Gasteiger partial charge is 0.166 e. The third-order valence-electron chi connectivity index (χ3n) is 3.04. The molecule has 0 N–H and O–H groups in total. The Bertz CT molecular complexity index is 610. The summed E-state index contributed by atoms with van der Waals surface area (Å²) in [6.07, 6.45) is 0.602. The van der Waals surface area contributed by atoms with Gasteiger partial charge in [-0.3, -0.25) is 4.79 Å². The van der Waals surface area contributed by atoms with Crippen LogP contribution >= 0.6 is 0 Å². The zero-order chi connectivity index (χ0) is 14.8. The number of ether oxygens (including phenoxy) is 1. The predicted molar refractivity (Wildman–Crippen MR) is 77.0 cm³/mol. The third-order valence-corrected chi connectivity index (χ3v) is 3.04. The summed E-state index contributed by atoms with van der Waals surface area (Å²) >= 11 is 0. The van der Waals surface area contributed by atoms with Crippen molar-refractivity contribution >= 4 is 6.29 Å². The quantitative estimate of drug-likeness (QED) is 0.755. The Morgan fingerprint density at radius 1 is 1.05 bits per heavy atom. The fourth-order valence-electron chi connectivity index (χ4n) is 1.82. The first-order chi connectivity index (χ1) is 9.40. The number of rotatable bonds is 3. The van der Waals surface area contributed by atoms with E-state index in [1.807, 2.05) is 24.3 Å². The van der Waals surface area contributed by atoms with Gasteiger partial charge in [-0.25, -0.2) is 4.39 Å². The second kappa shape index (κ2) is 5.45. The van der Waals surface area contributed by atoms with E-state index >= 15 is 0 Å². The van der Waals surface area contributed by atoms with Gasteiger partial charge in [0.2, 0.25) is 0 Å². The van der Waals surface area contributed by atoms with Gasteiger partial charge in [0.05, 0.1) is 0 Å². The molecule has 0 saturated heterocycles. The minimum absolute atomic E-state index is 0.0649. The summed E-state index contributed by atoms with van der Waals surface area (Å²) in [5, 5.41) is 0. The maximum absolute atomic E-state index is 13.7. The van der Waals surface area contributed by atoms with E-state index in [-0.39, 0.29) is 16.7 Å². The van der Waals surface area contributed by atoms with E-state index in [9.17, 15) is 9.18 Å². The van der Waals surface area contributed by atoms with Crippen molar-refractivity contribution in [1.29, 1.82) is 0 Å². The molecule has 0 saturated carbocycles. The second-order valence-corrected chi connectivity index (χ2v) is 5.68. The Hall–Kier alpha value is -2.16. The summed E-state index contributed by atoms with van der Waals surface area (Å²) in [4.78, 5) is 10.6. The largest absolute Gasteiger partial charge is 0.454 e. The van der Waals surface area contributed by atoms with Gasteiger partial charge in [0.15, 0.2) is 11.6 Å². The van der Waals surface area contributed by atoms with Gasteiger partial charge in [-0.2, -0.15) is 0 Å². The molecule has 2 nitrogen and oxygen atoms in total. The minimum atomic E-state index is -0.547. The van der Waals surface area contributed by atoms with Crippen molar-refractivity contribution < 1.29 is 13.9 Å². The number of carbonyl (C=O) groups excluding carboxylic acids is 1. The summed E-state index contributed by atoms with van der Waals surface area (Å²) < 4.78 is 19.2. The van der Waals surface area contributed by atoms with Crippen LogP contribution in [-0.4, -0.2) is 6.29 Å². The molecule has 3 heteroatoms. The molecular formula is C17H17FO2. The number of aldehydes is 1. The van der Waals surface area contributed by atoms with E-state index in [1.165, 1.54) is 17.7 Å². The topological polar surface area (TPSA) is 26.3 Å². The summed E-state index contributed by atoms with van der Waals surface area (Å²) in [7, 11) is 0. The molecule has 2 aromatic rings. The maximum Gasteiger partial charge on any atom is 0.166 e. The molecule has 0 amide bonds. The van der Waals surface area contributed by atoms with Crippen molar-refractivity contribution in [3.05, 3.63) is 59.4 Å². The van der Waals surface area contributed by atoms with Crippen LogP contribution in [0.15, 0.2) is 42.5 Å². The molecule has 0 heterocycles. The lowest BCUT2D eigenvalue weighted by molar-refractivity contribution is 0.112. The SMILES string of the molecule is CC(C)(C)c1ccc(Oc2ccc(C=O)cc2F)cc1. The molecule has 0 radical (unpaired) electrons. The van der Waals surface area contributed by atoms with Gasteiger partial charge < -0.3 is 4.74 Å². The van der Waals surface area contributed by atoms with E-state index in [0.29, 0.717) is 12.0 Å². The van der Waals surface area contributed by atoms with Crippen LogP contribution in [-0.2, 0) is 5.41 Å². The fraction of sp³-hybridized carbons (Fsp3) is 0.235. The van der Waals surface area contributed by atoms with Gasteiger partial charge >= 0.3 is 0 Å². The molecule has 2 rings (SSSR count). The first kappa shape index (κ1) is 14.3. The standard InChI is InChI=1S/C17H17FO2/c1-17(2,3)13-5-7-14(8-6-13)20-16-9-4-12(11-19)10-15(16)18/h4-11H,1-3H3. The monoisotopic (exact) mass is 272 g/mol. The van der Waals surface area contributed by atoms with Gasteiger partial charge in [-0.05, 0) is 41.3 Å². The molecule has 0 spiro atoms. The Kier molecular flexibility index (Phi) is 3.89. The lowest BCUT2D eigenvalue weighted by Gasteiger charge is -2.19. The first-order valence-electron chi connectivity index (χ1n) is 6.43. The maximum atomic E-state index is 13.7. The molecule has 0 aliphatic rings. The Morgan fingerprint density at radius 3 is 2.20 bits per heavy atom. The summed E-state index contributed by atoms with van der Waals surface area (Å²) in [5.41, 5.74) is 1.54. The second-order valence-electron chi connectivity index (χ2n) is 5.68. The number of carbonyl (C=O) groups is 1. The summed E-state index contributed by atoms with van der Waals surface area (Å²) in [6.45, 7) is 6.38. The Balaban J connectivity index is 2.20. The molecule has 0 fully saturated rings. The summed E-state index contributed by atoms with van der Waals surface area (Å²) in [6, 6.07) is 11.7. The van der Waals surface area contributed by atoms with Crippen LogP contribution in [0.1, 0.15) is 36.7 Å². The minimum Gasteiger partial charge on any atom is -0.454 e. The average Bonchev–Trinajstić information content (AvgIpc) is 2.40. The Morgan fingerprint density at radius 2 is 1.70 bits per heavy atom. The number of hydrogen-bond donors (Lipinski definition) is 0. The molecule has 0 bridgehead atoms. The molecule has 0 aromatic heterocycles. The van der Waals surface area contributed by atoms with Crippen molar-refractivity contribution in [2.24, 2.45) is 0 Å². The van der Waals surface area contributed by atoms with E-state index in [2.05, 4.69) is 20.8 Å². The first-order valence-corrected chi connectivity index (χ1v) is 6.43. The average molecular weight is 272 g/mol. The van der Waals surface area contributed by atoms with Crippen LogP contribution in [0, 0.1) is 5.82 Å². The predicted octanol–water partition coefficient (Wildman–Crippen LogP) is 4.73. The van der Waals surface area contributed by atoms with Gasteiger partial charge in [0, 0.05) is 5.56 Å². The van der Waals surface area contributed by atoms with Gasteiger partial charge in [-0.1, -0.05) is 32.9 Å². The molecular weight excluding hydrogens is 255 g/mol. The highest BCUT2D eigenvalue weighted by Gasteiger charge is 2.13. The van der Waals surface area contributed by atoms with E-state index in [0.717, 1.165) is 6.07 Å². The zero-order valence-electron chi connectivity index (χ0n) is 11.8. The Labute approximate surface area is 118 Å². The molecule has 20 heavy (non-hydrogen) atoms. The van der Waals surface area contributed by atoms with Crippen LogP contribution in [0.5, 0.6) is 11.5 Å². The highest BCUT2D eigenvalue weighted by molar-refractivity contribution is 5.75. The van der Waals surface area contributed by atoms with Crippen LogP contribution in [0.3, 0.4) is 0 Å². The van der Waals surface area contributed by atoms with Gasteiger partial charge in [0.1, 0.15) is 12.0 Å². The lowest BCUT2D eigenvalue weighted by atomic mass is 9.87. The van der Waals surface area contributed by atoms with Crippen LogP contribution in [0.4, 0.5) is 4.39 Å². The van der Waals surface area contributed by atoms with Crippen molar-refractivity contribution in [3.63, 3.8) is 0 Å². The highest BCUT2D eigenvalue weighted by Crippen LogP contribution is 2.28. The van der Waals surface area contributed by atoms with E-state index in [1.54, 1.807) is 0 Å². The van der Waals surface area contributed by atoms with Crippen LogP contribution in [0.25, 0.3) is 0 Å². The zero-order valence-corrected chi connectivity index (χ0v) is 11.8. The van der Waals surface area contributed by atoms with Crippen molar-refractivity contribution in [1.82, 2.24) is 0 Å². The summed E-state index contributed by atoms with van der Waals surface area (Å²) in [5.74, 6) is 0.129. The number of benzene rings is 2. The van der Waals surface area contributed by atoms with Gasteiger partial charge in [0.25, 0.3) is 0 Å². The van der Waals surface area contributed by atoms with Crippen molar-refractivity contribution in [3.8, 4) is 11.5 Å². The molecule has 0 unspecified atom stereocenters. The molecule has 2 aromatic carbocycles. The van der Waals surface area contributed by atoms with Crippen molar-refractivity contribution in [2.45, 2.75) is 26.2 Å². The van der Waals surface area contributed by atoms with Gasteiger partial charge in [-0.15, -0.1) is 0 Å². The highest BCUT2D eigenvalue weighted by atomic mass is 19.1. The van der Waals surface area contributed by atoms with Crippen molar-refractivity contribution in [2.75, 3.05) is 0 Å². The van der Waals surface area contributed by atoms with E-state index in [4.69, 9.17) is 4.74 Å². The van der Waals surface area contributed by atoms with Crippen LogP contribution in [0.2, 0.25) is 0 Å². The molecule has 0 atom stereocenters. The fourth-order valence-corrected chi connectivity index (χ4v) is 1.82. The lowest BCUT2D eigenvalue weighted by Crippen LogP contribution is -2.10. The molecule has 0 aliphatic heterocycles. The van der Waals surface area contributed by atoms with Crippen LogP contribution < -0.4 is 4.74 Å². The molecule has 0 aliphatic carbocycles. The molecule has 104 valence electrons. The van der Waals surface area contributed by atoms with E-state index < -0.39 is 5.82 Å². The number of halogens is 1. The third kappa shape index (κ3) is 3.23. The number of hydrogen-bond acceptors (Lipinski definition) is 2.